The first-order chi connectivity index (χ1) is 8.80. The number of methoxy groups -OCH3 is 1. The van der Waals surface area contributed by atoms with E-state index < -0.39 is 5.60 Å². The normalized spacial score (nSPS) is 13.2. The van der Waals surface area contributed by atoms with Crippen LogP contribution in [-0.4, -0.2) is 30.9 Å². The Morgan fingerprint density at radius 3 is 2.47 bits per heavy atom. The fraction of sp³-hybridized carbons (Fsp3) is 0.600. The Kier molecular flexibility index (Phi) is 5.20. The molecule has 0 bridgehead atoms. The lowest BCUT2D eigenvalue weighted by molar-refractivity contribution is 0.0875. The summed E-state index contributed by atoms with van der Waals surface area (Å²) in [5.74, 6) is 0.793. The van der Waals surface area contributed by atoms with Gasteiger partial charge in [0.05, 0.1) is 12.7 Å². The molecule has 1 atom stereocenters. The maximum atomic E-state index is 10.0. The van der Waals surface area contributed by atoms with Gasteiger partial charge in [0.2, 0.25) is 0 Å². The zero-order valence-corrected chi connectivity index (χ0v) is 12.6. The number of nitrogens with zero attached hydrogens (tertiary/aromatic N) is 1. The maximum absolute atomic E-state index is 10.0. The molecular weight excluding hydrogens is 240 g/mol. The van der Waals surface area contributed by atoms with Crippen LogP contribution in [-0.2, 0) is 0 Å². The van der Waals surface area contributed by atoms with Crippen molar-refractivity contribution in [2.24, 2.45) is 5.73 Å². The summed E-state index contributed by atoms with van der Waals surface area (Å²) in [6.07, 6.45) is 0. The number of benzene rings is 1. The molecule has 0 saturated carbocycles. The molecule has 0 aliphatic carbocycles. The van der Waals surface area contributed by atoms with Crippen LogP contribution in [0.25, 0.3) is 0 Å². The first-order valence-electron chi connectivity index (χ1n) is 6.70. The van der Waals surface area contributed by atoms with Gasteiger partial charge in [0.15, 0.2) is 0 Å². The number of nitrogens with two attached hydrogens (primary N) is 1. The number of likely N-dealkylation sites (N-methyl/N-ethyl adjacent to an activating group) is 1. The lowest BCUT2D eigenvalue weighted by atomic mass is 10.0. The van der Waals surface area contributed by atoms with Crippen LogP contribution in [0.1, 0.15) is 39.3 Å². The first kappa shape index (κ1) is 15.8. The third kappa shape index (κ3) is 4.11. The summed E-state index contributed by atoms with van der Waals surface area (Å²) in [4.78, 5) is 2.13. The summed E-state index contributed by atoms with van der Waals surface area (Å²) in [5, 5.41) is 10.0. The van der Waals surface area contributed by atoms with Crippen molar-refractivity contribution in [3.05, 3.63) is 23.8 Å². The summed E-state index contributed by atoms with van der Waals surface area (Å²) in [6, 6.07) is 5.77. The van der Waals surface area contributed by atoms with E-state index in [2.05, 4.69) is 11.8 Å². The third-order valence-electron chi connectivity index (χ3n) is 3.02. The van der Waals surface area contributed by atoms with Gasteiger partial charge in [0, 0.05) is 30.4 Å². The van der Waals surface area contributed by atoms with Crippen molar-refractivity contribution in [1.82, 2.24) is 0 Å². The molecule has 0 heterocycles. The highest BCUT2D eigenvalue weighted by Gasteiger charge is 2.22. The Hall–Kier alpha value is -1.26. The molecule has 3 N–H and O–H groups in total. The molecule has 1 rings (SSSR count). The fourth-order valence-electron chi connectivity index (χ4n) is 2.28. The highest BCUT2D eigenvalue weighted by atomic mass is 16.5. The quantitative estimate of drug-likeness (QED) is 0.829. The molecule has 4 nitrogen and oxygen atoms in total. The first-order valence-corrected chi connectivity index (χ1v) is 6.70. The van der Waals surface area contributed by atoms with E-state index in [1.165, 1.54) is 0 Å². The topological polar surface area (TPSA) is 58.7 Å². The van der Waals surface area contributed by atoms with Gasteiger partial charge >= 0.3 is 0 Å². The van der Waals surface area contributed by atoms with E-state index in [0.29, 0.717) is 6.54 Å². The minimum atomic E-state index is -0.756. The number of ether oxygens (including phenoxy) is 1. The summed E-state index contributed by atoms with van der Waals surface area (Å²) >= 11 is 0. The largest absolute Gasteiger partial charge is 0.496 e. The Morgan fingerprint density at radius 2 is 2.05 bits per heavy atom. The minimum Gasteiger partial charge on any atom is -0.496 e. The van der Waals surface area contributed by atoms with Crippen LogP contribution in [0.15, 0.2) is 18.2 Å². The molecule has 1 aromatic carbocycles. The van der Waals surface area contributed by atoms with Gasteiger partial charge in [-0.15, -0.1) is 0 Å². The molecule has 0 saturated heterocycles. The average molecular weight is 266 g/mol. The van der Waals surface area contributed by atoms with E-state index in [4.69, 9.17) is 10.5 Å². The summed E-state index contributed by atoms with van der Waals surface area (Å²) < 4.78 is 5.40. The third-order valence-corrected chi connectivity index (χ3v) is 3.02. The predicted octanol–water partition coefficient (Wildman–Crippen LogP) is 2.31. The zero-order chi connectivity index (χ0) is 14.6. The summed E-state index contributed by atoms with van der Waals surface area (Å²) in [6.45, 7) is 8.98. The Bertz CT molecular complexity index is 411. The highest BCUT2D eigenvalue weighted by molar-refractivity contribution is 5.61. The van der Waals surface area contributed by atoms with Crippen LogP contribution in [0.3, 0.4) is 0 Å². The van der Waals surface area contributed by atoms with Gasteiger partial charge in [-0.1, -0.05) is 6.07 Å². The van der Waals surface area contributed by atoms with Crippen LogP contribution in [0.4, 0.5) is 5.69 Å². The summed E-state index contributed by atoms with van der Waals surface area (Å²) in [7, 11) is 1.65. The van der Waals surface area contributed by atoms with Crippen molar-refractivity contribution in [1.29, 1.82) is 0 Å². The SMILES string of the molecule is CCN(CC(C)(C)O)c1cccc(OC)c1C(C)N. The van der Waals surface area contributed by atoms with Crippen LogP contribution < -0.4 is 15.4 Å². The smallest absolute Gasteiger partial charge is 0.125 e. The molecule has 1 unspecified atom stereocenters. The van der Waals surface area contributed by atoms with E-state index in [1.807, 2.05) is 25.1 Å². The van der Waals surface area contributed by atoms with Crippen molar-refractivity contribution in [3.8, 4) is 5.75 Å². The number of aliphatic hydroxyl groups is 1. The maximum Gasteiger partial charge on any atom is 0.125 e. The second-order valence-corrected chi connectivity index (χ2v) is 5.51. The minimum absolute atomic E-state index is 0.123. The molecule has 0 radical (unpaired) electrons. The van der Waals surface area contributed by atoms with Crippen molar-refractivity contribution < 1.29 is 9.84 Å². The van der Waals surface area contributed by atoms with Crippen LogP contribution in [0, 0.1) is 0 Å². The molecule has 0 aromatic heterocycles. The van der Waals surface area contributed by atoms with E-state index in [9.17, 15) is 5.11 Å². The molecule has 0 aliphatic heterocycles. The summed E-state index contributed by atoms with van der Waals surface area (Å²) in [5.41, 5.74) is 7.33. The standard InChI is InChI=1S/C15H26N2O2/c1-6-17(10-15(3,4)18)12-8-7-9-13(19-5)14(12)11(2)16/h7-9,11,18H,6,10,16H2,1-5H3. The van der Waals surface area contributed by atoms with Gasteiger partial charge in [0.1, 0.15) is 5.75 Å². The Labute approximate surface area is 116 Å². The number of anilines is 1. The van der Waals surface area contributed by atoms with Crippen molar-refractivity contribution in [3.63, 3.8) is 0 Å². The molecule has 108 valence electrons. The monoisotopic (exact) mass is 266 g/mol. The van der Waals surface area contributed by atoms with Crippen LogP contribution in [0.2, 0.25) is 0 Å². The van der Waals surface area contributed by atoms with Gasteiger partial charge in [-0.05, 0) is 39.8 Å². The molecular formula is C15H26N2O2. The van der Waals surface area contributed by atoms with E-state index in [0.717, 1.165) is 23.5 Å². The second-order valence-electron chi connectivity index (χ2n) is 5.51. The van der Waals surface area contributed by atoms with E-state index >= 15 is 0 Å². The van der Waals surface area contributed by atoms with Gasteiger partial charge in [-0.3, -0.25) is 0 Å². The Balaban J connectivity index is 3.23. The molecule has 0 amide bonds. The van der Waals surface area contributed by atoms with Crippen LogP contribution in [0.5, 0.6) is 5.75 Å². The van der Waals surface area contributed by atoms with Gasteiger partial charge < -0.3 is 20.5 Å². The van der Waals surface area contributed by atoms with Gasteiger partial charge in [0.25, 0.3) is 0 Å². The highest BCUT2D eigenvalue weighted by Crippen LogP contribution is 2.34. The zero-order valence-electron chi connectivity index (χ0n) is 12.6. The molecule has 1 aromatic rings. The molecule has 0 aliphatic rings. The second kappa shape index (κ2) is 6.26. The van der Waals surface area contributed by atoms with Crippen LogP contribution >= 0.6 is 0 Å². The lowest BCUT2D eigenvalue weighted by Gasteiger charge is -2.32. The number of rotatable bonds is 6. The van der Waals surface area contributed by atoms with Crippen molar-refractivity contribution >= 4 is 5.69 Å². The molecule has 0 spiro atoms. The lowest BCUT2D eigenvalue weighted by Crippen LogP contribution is -2.39. The number of hydrogen-bond donors (Lipinski definition) is 2. The van der Waals surface area contributed by atoms with Gasteiger partial charge in [-0.2, -0.15) is 0 Å². The predicted molar refractivity (Wildman–Crippen MR) is 79.8 cm³/mol. The van der Waals surface area contributed by atoms with E-state index in [-0.39, 0.29) is 6.04 Å². The van der Waals surface area contributed by atoms with E-state index in [1.54, 1.807) is 21.0 Å². The molecule has 4 heteroatoms. The number of hydrogen-bond acceptors (Lipinski definition) is 4. The van der Waals surface area contributed by atoms with Crippen molar-refractivity contribution in [2.45, 2.75) is 39.3 Å². The Morgan fingerprint density at radius 1 is 1.42 bits per heavy atom. The average Bonchev–Trinajstić information content (AvgIpc) is 2.33. The van der Waals surface area contributed by atoms with Gasteiger partial charge in [-0.25, -0.2) is 0 Å². The van der Waals surface area contributed by atoms with Crippen molar-refractivity contribution in [2.75, 3.05) is 25.1 Å². The fourth-order valence-corrected chi connectivity index (χ4v) is 2.28. The molecule has 19 heavy (non-hydrogen) atoms. The molecule has 0 fully saturated rings.